The molecule has 1 amide bonds. The van der Waals surface area contributed by atoms with Crippen LogP contribution in [-0.2, 0) is 11.3 Å². The van der Waals surface area contributed by atoms with Crippen molar-refractivity contribution in [2.75, 3.05) is 37.6 Å². The largest absolute Gasteiger partial charge is 0.371 e. The van der Waals surface area contributed by atoms with Crippen molar-refractivity contribution in [2.24, 2.45) is 0 Å². The normalized spacial score (nSPS) is 20.4. The van der Waals surface area contributed by atoms with Crippen molar-refractivity contribution in [1.29, 1.82) is 0 Å². The van der Waals surface area contributed by atoms with Crippen LogP contribution in [0.1, 0.15) is 24.8 Å². The molecule has 4 nitrogen and oxygen atoms in total. The Hall–Kier alpha value is -1.26. The van der Waals surface area contributed by atoms with Gasteiger partial charge in [-0.25, -0.2) is 0 Å². The number of nitrogens with one attached hydrogen (secondary N) is 1. The number of nitrogens with zero attached hydrogens (tertiary/aromatic N) is 2. The van der Waals surface area contributed by atoms with E-state index in [0.29, 0.717) is 6.42 Å². The van der Waals surface area contributed by atoms with E-state index in [0.717, 1.165) is 44.3 Å². The van der Waals surface area contributed by atoms with E-state index < -0.39 is 0 Å². The van der Waals surface area contributed by atoms with Crippen molar-refractivity contribution >= 4 is 23.2 Å². The van der Waals surface area contributed by atoms with Crippen molar-refractivity contribution < 1.29 is 4.79 Å². The third kappa shape index (κ3) is 3.50. The van der Waals surface area contributed by atoms with Crippen LogP contribution in [-0.4, -0.2) is 43.5 Å². The topological polar surface area (TPSA) is 35.6 Å². The second-order valence-electron chi connectivity index (χ2n) is 5.81. The van der Waals surface area contributed by atoms with Crippen LogP contribution < -0.4 is 10.2 Å². The number of halogens is 1. The minimum Gasteiger partial charge on any atom is -0.371 e. The lowest BCUT2D eigenvalue weighted by Crippen LogP contribution is -2.29. The fourth-order valence-corrected chi connectivity index (χ4v) is 3.38. The fourth-order valence-electron chi connectivity index (χ4n) is 3.15. The van der Waals surface area contributed by atoms with E-state index in [1.807, 2.05) is 12.1 Å². The summed E-state index contributed by atoms with van der Waals surface area (Å²) in [6.07, 6.45) is 3.09. The number of rotatable bonds is 3. The fraction of sp³-hybridized carbons (Fsp3) is 0.562. The van der Waals surface area contributed by atoms with Crippen LogP contribution in [0.3, 0.4) is 0 Å². The number of hydrogen-bond acceptors (Lipinski definition) is 3. The van der Waals surface area contributed by atoms with Gasteiger partial charge in [0.25, 0.3) is 0 Å². The van der Waals surface area contributed by atoms with Gasteiger partial charge in [-0.15, -0.1) is 0 Å². The molecule has 1 aromatic carbocycles. The maximum atomic E-state index is 11.5. The van der Waals surface area contributed by atoms with E-state index in [1.165, 1.54) is 24.1 Å². The third-order valence-corrected chi connectivity index (χ3v) is 4.68. The summed E-state index contributed by atoms with van der Waals surface area (Å²) in [5, 5.41) is 3.76. The SMILES string of the molecule is O=C1CCN(Cc2c(Cl)cccc2N2CCCC2)CCN1. The predicted molar refractivity (Wildman–Crippen MR) is 85.8 cm³/mol. The summed E-state index contributed by atoms with van der Waals surface area (Å²) in [6.45, 7) is 5.47. The quantitative estimate of drug-likeness (QED) is 0.930. The first-order valence-electron chi connectivity index (χ1n) is 7.75. The molecule has 0 aliphatic carbocycles. The summed E-state index contributed by atoms with van der Waals surface area (Å²) >= 11 is 6.46. The number of carbonyl (C=O) groups is 1. The molecule has 2 aliphatic rings. The molecule has 0 spiro atoms. The van der Waals surface area contributed by atoms with E-state index in [2.05, 4.69) is 21.2 Å². The van der Waals surface area contributed by atoms with Crippen molar-refractivity contribution in [3.8, 4) is 0 Å². The van der Waals surface area contributed by atoms with Crippen LogP contribution >= 0.6 is 11.6 Å². The summed E-state index contributed by atoms with van der Waals surface area (Å²) in [6, 6.07) is 6.18. The first-order valence-corrected chi connectivity index (χ1v) is 8.13. The van der Waals surface area contributed by atoms with Crippen LogP contribution in [0.2, 0.25) is 5.02 Å². The minimum atomic E-state index is 0.149. The first kappa shape index (κ1) is 14.7. The van der Waals surface area contributed by atoms with E-state index in [-0.39, 0.29) is 5.91 Å². The summed E-state index contributed by atoms with van der Waals surface area (Å²) in [5.74, 6) is 0.149. The summed E-state index contributed by atoms with van der Waals surface area (Å²) < 4.78 is 0. The summed E-state index contributed by atoms with van der Waals surface area (Å²) in [7, 11) is 0. The highest BCUT2D eigenvalue weighted by Crippen LogP contribution is 2.31. The van der Waals surface area contributed by atoms with Gasteiger partial charge in [0, 0.05) is 62.0 Å². The molecule has 3 rings (SSSR count). The van der Waals surface area contributed by atoms with Crippen LogP contribution in [0, 0.1) is 0 Å². The second-order valence-corrected chi connectivity index (χ2v) is 6.21. The smallest absolute Gasteiger partial charge is 0.221 e. The minimum absolute atomic E-state index is 0.149. The molecule has 0 atom stereocenters. The molecule has 1 aromatic rings. The van der Waals surface area contributed by atoms with Gasteiger partial charge in [-0.3, -0.25) is 9.69 Å². The molecule has 114 valence electrons. The lowest BCUT2D eigenvalue weighted by atomic mass is 10.1. The highest BCUT2D eigenvalue weighted by atomic mass is 35.5. The van der Waals surface area contributed by atoms with Gasteiger partial charge in [0.1, 0.15) is 0 Å². The van der Waals surface area contributed by atoms with Gasteiger partial charge in [0.05, 0.1) is 0 Å². The molecule has 0 aromatic heterocycles. The molecular weight excluding hydrogens is 286 g/mol. The molecule has 1 N–H and O–H groups in total. The second kappa shape index (κ2) is 6.67. The Morgan fingerprint density at radius 2 is 1.95 bits per heavy atom. The van der Waals surface area contributed by atoms with Gasteiger partial charge < -0.3 is 10.2 Å². The Morgan fingerprint density at radius 3 is 2.76 bits per heavy atom. The predicted octanol–water partition coefficient (Wildman–Crippen LogP) is 2.26. The number of anilines is 1. The Bertz CT molecular complexity index is 514. The number of amides is 1. The molecule has 2 saturated heterocycles. The molecule has 21 heavy (non-hydrogen) atoms. The zero-order chi connectivity index (χ0) is 14.7. The zero-order valence-electron chi connectivity index (χ0n) is 12.3. The monoisotopic (exact) mass is 307 g/mol. The zero-order valence-corrected chi connectivity index (χ0v) is 13.0. The van der Waals surface area contributed by atoms with Gasteiger partial charge >= 0.3 is 0 Å². The number of hydrogen-bond donors (Lipinski definition) is 1. The maximum absolute atomic E-state index is 11.5. The van der Waals surface area contributed by atoms with Gasteiger partial charge in [-0.1, -0.05) is 17.7 Å². The van der Waals surface area contributed by atoms with E-state index in [9.17, 15) is 4.79 Å². The van der Waals surface area contributed by atoms with Crippen LogP contribution in [0.4, 0.5) is 5.69 Å². The number of benzene rings is 1. The average molecular weight is 308 g/mol. The summed E-state index contributed by atoms with van der Waals surface area (Å²) in [4.78, 5) is 16.2. The van der Waals surface area contributed by atoms with Crippen LogP contribution in [0.25, 0.3) is 0 Å². The third-order valence-electron chi connectivity index (χ3n) is 4.33. The highest BCUT2D eigenvalue weighted by molar-refractivity contribution is 6.31. The van der Waals surface area contributed by atoms with Crippen molar-refractivity contribution in [2.45, 2.75) is 25.8 Å². The standard InChI is InChI=1S/C16H22ClN3O/c17-14-4-3-5-15(20-8-1-2-9-20)13(14)12-19-10-6-16(21)18-7-11-19/h3-5H,1-2,6-12H2,(H,18,21). The van der Waals surface area contributed by atoms with Crippen LogP contribution in [0.15, 0.2) is 18.2 Å². The van der Waals surface area contributed by atoms with E-state index >= 15 is 0 Å². The van der Waals surface area contributed by atoms with E-state index in [4.69, 9.17) is 11.6 Å². The molecule has 2 aliphatic heterocycles. The Kier molecular flexibility index (Phi) is 4.66. The molecule has 0 saturated carbocycles. The number of carbonyl (C=O) groups excluding carboxylic acids is 1. The molecular formula is C16H22ClN3O. The molecule has 2 fully saturated rings. The molecule has 2 heterocycles. The van der Waals surface area contributed by atoms with Gasteiger partial charge in [-0.2, -0.15) is 0 Å². The lowest BCUT2D eigenvalue weighted by molar-refractivity contribution is -0.120. The van der Waals surface area contributed by atoms with Crippen molar-refractivity contribution in [1.82, 2.24) is 10.2 Å². The van der Waals surface area contributed by atoms with Crippen molar-refractivity contribution in [3.05, 3.63) is 28.8 Å². The van der Waals surface area contributed by atoms with Gasteiger partial charge in [0.2, 0.25) is 5.91 Å². The average Bonchev–Trinajstić information content (AvgIpc) is 2.93. The Morgan fingerprint density at radius 1 is 1.14 bits per heavy atom. The summed E-state index contributed by atoms with van der Waals surface area (Å²) in [5.41, 5.74) is 2.47. The molecule has 0 unspecified atom stereocenters. The maximum Gasteiger partial charge on any atom is 0.221 e. The molecule has 0 bridgehead atoms. The van der Waals surface area contributed by atoms with E-state index in [1.54, 1.807) is 0 Å². The molecule has 0 radical (unpaired) electrons. The Labute approximate surface area is 131 Å². The first-order chi connectivity index (χ1) is 10.2. The highest BCUT2D eigenvalue weighted by Gasteiger charge is 2.20. The molecule has 5 heteroatoms. The van der Waals surface area contributed by atoms with Gasteiger partial charge in [-0.05, 0) is 25.0 Å². The van der Waals surface area contributed by atoms with Crippen LogP contribution in [0.5, 0.6) is 0 Å². The lowest BCUT2D eigenvalue weighted by Gasteiger charge is -2.26. The van der Waals surface area contributed by atoms with Gasteiger partial charge in [0.15, 0.2) is 0 Å². The Balaban J connectivity index is 1.78. The van der Waals surface area contributed by atoms with Crippen molar-refractivity contribution in [3.63, 3.8) is 0 Å².